The van der Waals surface area contributed by atoms with Gasteiger partial charge in [-0.2, -0.15) is 0 Å². The summed E-state index contributed by atoms with van der Waals surface area (Å²) in [5.41, 5.74) is 2.01. The lowest BCUT2D eigenvalue weighted by Gasteiger charge is -2.18. The SMILES string of the molecule is Cc1c(C)c2ccc(OCC(=O)NC(C(=O)O)C(C)C)c(C)c2oc1=O. The number of amides is 1. The molecule has 0 saturated carbocycles. The van der Waals surface area contributed by atoms with Gasteiger partial charge in [-0.3, -0.25) is 4.79 Å². The number of hydrogen-bond donors (Lipinski definition) is 2. The van der Waals surface area contributed by atoms with Crippen LogP contribution in [0.5, 0.6) is 5.75 Å². The molecule has 1 aromatic carbocycles. The van der Waals surface area contributed by atoms with Crippen molar-refractivity contribution in [3.63, 3.8) is 0 Å². The third-order valence-corrected chi connectivity index (χ3v) is 4.43. The first-order valence-electron chi connectivity index (χ1n) is 8.32. The average molecular weight is 361 g/mol. The summed E-state index contributed by atoms with van der Waals surface area (Å²) < 4.78 is 10.9. The van der Waals surface area contributed by atoms with Gasteiger partial charge in [-0.1, -0.05) is 13.8 Å². The predicted molar refractivity (Wildman–Crippen MR) is 96.6 cm³/mol. The first kappa shape index (κ1) is 19.5. The Bertz CT molecular complexity index is 912. The average Bonchev–Trinajstić information content (AvgIpc) is 2.57. The molecular formula is C19H23NO6. The van der Waals surface area contributed by atoms with Crippen molar-refractivity contribution in [3.8, 4) is 5.75 Å². The van der Waals surface area contributed by atoms with E-state index >= 15 is 0 Å². The number of carboxylic acids is 1. The first-order valence-corrected chi connectivity index (χ1v) is 8.32. The second kappa shape index (κ2) is 7.59. The molecule has 0 aliphatic rings. The zero-order valence-electron chi connectivity index (χ0n) is 15.5. The van der Waals surface area contributed by atoms with Gasteiger partial charge in [0.1, 0.15) is 17.4 Å². The maximum Gasteiger partial charge on any atom is 0.339 e. The predicted octanol–water partition coefficient (Wildman–Crippen LogP) is 2.32. The number of rotatable bonds is 6. The van der Waals surface area contributed by atoms with Crippen molar-refractivity contribution in [1.82, 2.24) is 5.32 Å². The fourth-order valence-electron chi connectivity index (χ4n) is 2.65. The summed E-state index contributed by atoms with van der Waals surface area (Å²) in [4.78, 5) is 35.0. The molecule has 1 amide bonds. The van der Waals surface area contributed by atoms with E-state index in [4.69, 9.17) is 14.3 Å². The third kappa shape index (κ3) is 3.87. The molecule has 1 aromatic heterocycles. The quantitative estimate of drug-likeness (QED) is 0.765. The fourth-order valence-corrected chi connectivity index (χ4v) is 2.65. The van der Waals surface area contributed by atoms with Crippen LogP contribution in [0.1, 0.15) is 30.5 Å². The van der Waals surface area contributed by atoms with E-state index in [0.29, 0.717) is 22.5 Å². The molecule has 0 spiro atoms. The highest BCUT2D eigenvalue weighted by atomic mass is 16.5. The van der Waals surface area contributed by atoms with E-state index < -0.39 is 23.5 Å². The molecule has 0 aliphatic heterocycles. The van der Waals surface area contributed by atoms with Gasteiger partial charge in [0.15, 0.2) is 6.61 Å². The molecule has 1 unspecified atom stereocenters. The highest BCUT2D eigenvalue weighted by Crippen LogP contribution is 2.29. The summed E-state index contributed by atoms with van der Waals surface area (Å²) in [5.74, 6) is -1.48. The molecule has 140 valence electrons. The van der Waals surface area contributed by atoms with Crippen molar-refractivity contribution >= 4 is 22.8 Å². The Morgan fingerprint density at radius 1 is 1.15 bits per heavy atom. The number of nitrogens with one attached hydrogen (secondary N) is 1. The summed E-state index contributed by atoms with van der Waals surface area (Å²) in [6, 6.07) is 2.50. The van der Waals surface area contributed by atoms with Crippen LogP contribution in [-0.2, 0) is 9.59 Å². The molecule has 0 bridgehead atoms. The second-order valence-electron chi connectivity index (χ2n) is 6.62. The van der Waals surface area contributed by atoms with Crippen molar-refractivity contribution < 1.29 is 23.8 Å². The van der Waals surface area contributed by atoms with Crippen LogP contribution in [0.4, 0.5) is 0 Å². The molecule has 1 heterocycles. The lowest BCUT2D eigenvalue weighted by molar-refractivity contribution is -0.143. The molecule has 0 aliphatic carbocycles. The van der Waals surface area contributed by atoms with Gasteiger partial charge >= 0.3 is 11.6 Å². The van der Waals surface area contributed by atoms with E-state index in [-0.39, 0.29) is 12.5 Å². The van der Waals surface area contributed by atoms with E-state index in [1.54, 1.807) is 39.8 Å². The van der Waals surface area contributed by atoms with Crippen LogP contribution in [0.15, 0.2) is 21.3 Å². The summed E-state index contributed by atoms with van der Waals surface area (Å²) in [6.07, 6.45) is 0. The Hall–Kier alpha value is -2.83. The van der Waals surface area contributed by atoms with E-state index in [1.165, 1.54) is 0 Å². The van der Waals surface area contributed by atoms with Crippen LogP contribution in [-0.4, -0.2) is 29.6 Å². The number of carboxylic acid groups (broad SMARTS) is 1. The van der Waals surface area contributed by atoms with Crippen LogP contribution >= 0.6 is 0 Å². The smallest absolute Gasteiger partial charge is 0.339 e. The molecular weight excluding hydrogens is 338 g/mol. The molecule has 2 N–H and O–H groups in total. The number of fused-ring (bicyclic) bond motifs is 1. The van der Waals surface area contributed by atoms with Gasteiger partial charge in [0.2, 0.25) is 0 Å². The lowest BCUT2D eigenvalue weighted by Crippen LogP contribution is -2.46. The van der Waals surface area contributed by atoms with Gasteiger partial charge in [-0.25, -0.2) is 9.59 Å². The number of aryl methyl sites for hydroxylation is 2. The first-order chi connectivity index (χ1) is 12.1. The highest BCUT2D eigenvalue weighted by molar-refractivity contribution is 5.86. The van der Waals surface area contributed by atoms with Crippen LogP contribution in [0.25, 0.3) is 11.0 Å². The van der Waals surface area contributed by atoms with Gasteiger partial charge in [-0.05, 0) is 44.4 Å². The number of benzene rings is 1. The molecule has 7 heteroatoms. The Labute approximate surface area is 151 Å². The van der Waals surface area contributed by atoms with E-state index in [1.807, 2.05) is 6.92 Å². The topological polar surface area (TPSA) is 106 Å². The maximum atomic E-state index is 12.0. The summed E-state index contributed by atoms with van der Waals surface area (Å²) >= 11 is 0. The van der Waals surface area contributed by atoms with Crippen molar-refractivity contribution in [3.05, 3.63) is 39.2 Å². The molecule has 0 saturated heterocycles. The third-order valence-electron chi connectivity index (χ3n) is 4.43. The van der Waals surface area contributed by atoms with Crippen LogP contribution in [0, 0.1) is 26.7 Å². The van der Waals surface area contributed by atoms with Gasteiger partial charge in [-0.15, -0.1) is 0 Å². The minimum absolute atomic E-state index is 0.251. The number of aliphatic carboxylic acids is 1. The molecule has 2 aromatic rings. The fraction of sp³-hybridized carbons (Fsp3) is 0.421. The van der Waals surface area contributed by atoms with Gasteiger partial charge in [0, 0.05) is 16.5 Å². The van der Waals surface area contributed by atoms with Crippen molar-refractivity contribution in [2.45, 2.75) is 40.7 Å². The number of carbonyl (C=O) groups is 2. The van der Waals surface area contributed by atoms with Gasteiger partial charge in [0.05, 0.1) is 0 Å². The van der Waals surface area contributed by atoms with E-state index in [0.717, 1.165) is 10.9 Å². The van der Waals surface area contributed by atoms with Crippen LogP contribution in [0.3, 0.4) is 0 Å². The zero-order chi connectivity index (χ0) is 19.6. The molecule has 26 heavy (non-hydrogen) atoms. The standard InChI is InChI=1S/C19H23NO6/c1-9(2)16(18(22)23)20-15(21)8-25-14-7-6-13-10(3)11(4)19(24)26-17(13)12(14)5/h6-7,9,16H,8H2,1-5H3,(H,20,21)(H,22,23). The number of hydrogen-bond acceptors (Lipinski definition) is 5. The second-order valence-corrected chi connectivity index (χ2v) is 6.62. The van der Waals surface area contributed by atoms with E-state index in [2.05, 4.69) is 5.32 Å². The number of ether oxygens (including phenoxy) is 1. The summed E-state index contributed by atoms with van der Waals surface area (Å²) in [5, 5.41) is 12.4. The van der Waals surface area contributed by atoms with Gasteiger partial charge < -0.3 is 19.6 Å². The Morgan fingerprint density at radius 3 is 2.38 bits per heavy atom. The summed E-state index contributed by atoms with van der Waals surface area (Å²) in [7, 11) is 0. The van der Waals surface area contributed by atoms with Crippen molar-refractivity contribution in [1.29, 1.82) is 0 Å². The minimum atomic E-state index is -1.09. The molecule has 0 radical (unpaired) electrons. The van der Waals surface area contributed by atoms with Crippen molar-refractivity contribution in [2.75, 3.05) is 6.61 Å². The normalized spacial score (nSPS) is 12.2. The largest absolute Gasteiger partial charge is 0.483 e. The Balaban J connectivity index is 2.20. The molecule has 2 rings (SSSR count). The highest BCUT2D eigenvalue weighted by Gasteiger charge is 2.23. The minimum Gasteiger partial charge on any atom is -0.483 e. The Kier molecular flexibility index (Phi) is 5.69. The molecule has 0 fully saturated rings. The monoisotopic (exact) mass is 361 g/mol. The zero-order valence-corrected chi connectivity index (χ0v) is 15.5. The van der Waals surface area contributed by atoms with Crippen LogP contribution in [0.2, 0.25) is 0 Å². The molecule has 1 atom stereocenters. The summed E-state index contributed by atoms with van der Waals surface area (Å²) in [6.45, 7) is 8.37. The van der Waals surface area contributed by atoms with E-state index in [9.17, 15) is 14.4 Å². The van der Waals surface area contributed by atoms with Crippen LogP contribution < -0.4 is 15.7 Å². The van der Waals surface area contributed by atoms with Crippen molar-refractivity contribution in [2.24, 2.45) is 5.92 Å². The maximum absolute atomic E-state index is 12.0. The van der Waals surface area contributed by atoms with Gasteiger partial charge in [0.25, 0.3) is 5.91 Å². The lowest BCUT2D eigenvalue weighted by atomic mass is 10.0. The number of carbonyl (C=O) groups excluding carboxylic acids is 1. The Morgan fingerprint density at radius 2 is 1.81 bits per heavy atom. The molecule has 7 nitrogen and oxygen atoms in total.